The van der Waals surface area contributed by atoms with Crippen molar-refractivity contribution in [2.75, 3.05) is 46.4 Å². The van der Waals surface area contributed by atoms with Gasteiger partial charge in [-0.1, -0.05) is 37.3 Å². The summed E-state index contributed by atoms with van der Waals surface area (Å²) in [5.41, 5.74) is 3.08. The lowest BCUT2D eigenvalue weighted by molar-refractivity contribution is -0.932. The molecule has 5 atom stereocenters. The Labute approximate surface area is 225 Å². The average molecular weight is 520 g/mol. The lowest BCUT2D eigenvalue weighted by atomic mass is 9.66. The first kappa shape index (κ1) is 26.3. The molecular weight excluding hydrogens is 480 g/mol. The van der Waals surface area contributed by atoms with E-state index in [-0.39, 0.29) is 23.8 Å². The average Bonchev–Trinajstić information content (AvgIpc) is 3.37. The number of carbonyl (C=O) groups excluding carboxylic acids is 2. The second kappa shape index (κ2) is 10.1. The highest BCUT2D eigenvalue weighted by Crippen LogP contribution is 2.57. The minimum absolute atomic E-state index is 0.0361. The summed E-state index contributed by atoms with van der Waals surface area (Å²) >= 11 is 0. The molecule has 202 valence electrons. The number of nitrogens with zero attached hydrogens (tertiary/aromatic N) is 2. The van der Waals surface area contributed by atoms with E-state index in [9.17, 15) is 9.59 Å². The summed E-state index contributed by atoms with van der Waals surface area (Å²) in [7, 11) is 6.94. The van der Waals surface area contributed by atoms with Gasteiger partial charge in [-0.25, -0.2) is 4.79 Å². The maximum absolute atomic E-state index is 14.6. The van der Waals surface area contributed by atoms with Gasteiger partial charge < -0.3 is 23.6 Å². The van der Waals surface area contributed by atoms with Crippen LogP contribution in [0.15, 0.2) is 60.4 Å². The van der Waals surface area contributed by atoms with E-state index in [1.165, 1.54) is 7.11 Å². The minimum atomic E-state index is -0.629. The molecule has 2 aromatic rings. The van der Waals surface area contributed by atoms with E-state index < -0.39 is 5.41 Å². The Bertz CT molecular complexity index is 1260. The Morgan fingerprint density at radius 1 is 1.16 bits per heavy atom. The van der Waals surface area contributed by atoms with Gasteiger partial charge in [0.2, 0.25) is 5.91 Å². The maximum Gasteiger partial charge on any atom is 0.337 e. The number of anilines is 1. The molecule has 7 heteroatoms. The maximum atomic E-state index is 14.6. The van der Waals surface area contributed by atoms with E-state index in [1.807, 2.05) is 41.3 Å². The van der Waals surface area contributed by atoms with E-state index in [4.69, 9.17) is 14.2 Å². The topological polar surface area (TPSA) is 65.1 Å². The van der Waals surface area contributed by atoms with Crippen molar-refractivity contribution in [1.29, 1.82) is 0 Å². The third kappa shape index (κ3) is 3.99. The van der Waals surface area contributed by atoms with Crippen LogP contribution in [0.1, 0.15) is 37.3 Å². The summed E-state index contributed by atoms with van der Waals surface area (Å²) in [5.74, 6) is 0.856. The molecule has 3 aliphatic heterocycles. The van der Waals surface area contributed by atoms with Crippen LogP contribution in [0.25, 0.3) is 0 Å². The van der Waals surface area contributed by atoms with Gasteiger partial charge in [0.1, 0.15) is 17.2 Å². The molecule has 0 N–H and O–H groups in total. The summed E-state index contributed by atoms with van der Waals surface area (Å²) in [6, 6.07) is 16.2. The molecule has 1 amide bonds. The number of amides is 1. The minimum Gasteiger partial charge on any atom is -0.504 e. The number of piperidine rings is 1. The van der Waals surface area contributed by atoms with Crippen LogP contribution in [0.3, 0.4) is 0 Å². The Balaban J connectivity index is 1.57. The van der Waals surface area contributed by atoms with Crippen LogP contribution in [0.5, 0.6) is 5.75 Å². The first-order chi connectivity index (χ1) is 18.3. The molecular formula is C31H39N2O5+. The number of hydrogen-bond acceptors (Lipinski definition) is 5. The van der Waals surface area contributed by atoms with Crippen LogP contribution in [0, 0.1) is 11.8 Å². The van der Waals surface area contributed by atoms with Crippen molar-refractivity contribution in [2.24, 2.45) is 11.8 Å². The fourth-order valence-electron chi connectivity index (χ4n) is 7.61. The highest BCUT2D eigenvalue weighted by Gasteiger charge is 2.68. The molecule has 2 aromatic carbocycles. The predicted octanol–water partition coefficient (Wildman–Crippen LogP) is 4.45. The number of esters is 1. The van der Waals surface area contributed by atoms with Crippen LogP contribution in [-0.4, -0.2) is 63.9 Å². The van der Waals surface area contributed by atoms with Crippen LogP contribution >= 0.6 is 0 Å². The third-order valence-electron chi connectivity index (χ3n) is 9.40. The van der Waals surface area contributed by atoms with Crippen molar-refractivity contribution in [1.82, 2.24) is 0 Å². The number of rotatable bonds is 7. The number of benzene rings is 2. The predicted molar refractivity (Wildman–Crippen MR) is 146 cm³/mol. The van der Waals surface area contributed by atoms with Crippen molar-refractivity contribution in [2.45, 2.75) is 44.2 Å². The summed E-state index contributed by atoms with van der Waals surface area (Å²) in [5, 5.41) is 0. The highest BCUT2D eigenvalue weighted by molar-refractivity contribution is 6.08. The zero-order chi connectivity index (χ0) is 27.1. The van der Waals surface area contributed by atoms with Crippen molar-refractivity contribution >= 4 is 17.6 Å². The standard InChI is InChI=1S/C31H39N2O5/c1-6-22-19-33(2)15-14-31(28(33)17-24(22)25(20-36-3)29(34)38-5)26-12-7-8-13-27(26)32(30(31)35)18-21-10-9-11-23(16-21)37-4/h7-13,16,20,22,24,28H,6,14-15,17-19H2,1-5H3/q+1/b25-20+/t22-,24?,28?,31+,33?/m0/s1. The summed E-state index contributed by atoms with van der Waals surface area (Å²) in [6.07, 6.45) is 4.02. The van der Waals surface area contributed by atoms with Gasteiger partial charge >= 0.3 is 5.97 Å². The number of methoxy groups -OCH3 is 3. The molecule has 5 rings (SSSR count). The number of hydrogen-bond donors (Lipinski definition) is 0. The Kier molecular flexibility index (Phi) is 6.99. The largest absolute Gasteiger partial charge is 0.504 e. The van der Waals surface area contributed by atoms with Gasteiger partial charge in [0, 0.05) is 30.4 Å². The van der Waals surface area contributed by atoms with Gasteiger partial charge in [-0.3, -0.25) is 4.79 Å². The van der Waals surface area contributed by atoms with Gasteiger partial charge in [-0.15, -0.1) is 0 Å². The molecule has 0 aliphatic carbocycles. The first-order valence-electron chi connectivity index (χ1n) is 13.5. The quantitative estimate of drug-likeness (QED) is 0.234. The Hall–Kier alpha value is -3.32. The molecule has 0 bridgehead atoms. The molecule has 2 fully saturated rings. The van der Waals surface area contributed by atoms with E-state index in [0.29, 0.717) is 18.0 Å². The molecule has 0 aromatic heterocycles. The van der Waals surface area contributed by atoms with E-state index in [2.05, 4.69) is 26.1 Å². The van der Waals surface area contributed by atoms with Crippen molar-refractivity contribution in [3.8, 4) is 5.75 Å². The van der Waals surface area contributed by atoms with Gasteiger partial charge in [0.15, 0.2) is 0 Å². The Morgan fingerprint density at radius 2 is 1.95 bits per heavy atom. The van der Waals surface area contributed by atoms with Crippen molar-refractivity contribution in [3.63, 3.8) is 0 Å². The fraction of sp³-hybridized carbons (Fsp3) is 0.484. The molecule has 0 radical (unpaired) electrons. The lowest BCUT2D eigenvalue weighted by Gasteiger charge is -2.49. The third-order valence-corrected chi connectivity index (χ3v) is 9.40. The summed E-state index contributed by atoms with van der Waals surface area (Å²) < 4.78 is 16.8. The number of quaternary nitrogens is 1. The molecule has 0 saturated carbocycles. The molecule has 3 heterocycles. The fourth-order valence-corrected chi connectivity index (χ4v) is 7.61. The lowest BCUT2D eigenvalue weighted by Crippen LogP contribution is -2.62. The van der Waals surface area contributed by atoms with Crippen molar-refractivity contribution in [3.05, 3.63) is 71.5 Å². The molecule has 7 nitrogen and oxygen atoms in total. The number of ether oxygens (including phenoxy) is 3. The van der Waals surface area contributed by atoms with Gasteiger partial charge in [0.25, 0.3) is 0 Å². The zero-order valence-corrected chi connectivity index (χ0v) is 23.1. The van der Waals surface area contributed by atoms with Gasteiger partial charge in [-0.2, -0.15) is 0 Å². The Morgan fingerprint density at radius 3 is 2.66 bits per heavy atom. The van der Waals surface area contributed by atoms with Crippen LogP contribution in [0.4, 0.5) is 5.69 Å². The smallest absolute Gasteiger partial charge is 0.337 e. The molecule has 2 saturated heterocycles. The molecule has 3 aliphatic rings. The highest BCUT2D eigenvalue weighted by atomic mass is 16.5. The van der Waals surface area contributed by atoms with E-state index in [0.717, 1.165) is 59.4 Å². The normalized spacial score (nSPS) is 30.2. The number of carbonyl (C=O) groups is 2. The van der Waals surface area contributed by atoms with Crippen LogP contribution in [0.2, 0.25) is 0 Å². The number of likely N-dealkylation sites (N-methyl/N-ethyl adjacent to an activating group) is 1. The van der Waals surface area contributed by atoms with Crippen LogP contribution in [-0.2, 0) is 31.0 Å². The van der Waals surface area contributed by atoms with Gasteiger partial charge in [-0.05, 0) is 35.7 Å². The molecule has 3 unspecified atom stereocenters. The first-order valence-corrected chi connectivity index (χ1v) is 13.5. The number of para-hydroxylation sites is 1. The SMILES string of the molecule is CC[C@H]1C[N+]2(C)CC[C@]3(C(=O)N(Cc4cccc(OC)c4)c4ccccc43)C2CC1/C(=C\OC)C(=O)OC. The van der Waals surface area contributed by atoms with E-state index >= 15 is 0 Å². The summed E-state index contributed by atoms with van der Waals surface area (Å²) in [4.78, 5) is 29.5. The second-order valence-electron chi connectivity index (χ2n) is 11.2. The number of fused-ring (bicyclic) bond motifs is 4. The summed E-state index contributed by atoms with van der Waals surface area (Å²) in [6.45, 7) is 4.52. The molecule has 1 spiro atoms. The van der Waals surface area contributed by atoms with Crippen LogP contribution < -0.4 is 9.64 Å². The van der Waals surface area contributed by atoms with Gasteiger partial charge in [0.05, 0.1) is 59.8 Å². The molecule has 38 heavy (non-hydrogen) atoms. The monoisotopic (exact) mass is 519 g/mol. The van der Waals surface area contributed by atoms with E-state index in [1.54, 1.807) is 20.5 Å². The van der Waals surface area contributed by atoms with Crippen molar-refractivity contribution < 1.29 is 28.3 Å². The zero-order valence-electron chi connectivity index (χ0n) is 23.1. The second-order valence-corrected chi connectivity index (χ2v) is 11.2.